The predicted molar refractivity (Wildman–Crippen MR) is 72.9 cm³/mol. The fraction of sp³-hybridized carbons (Fsp3) is 0.357. The maximum atomic E-state index is 11.2. The van der Waals surface area contributed by atoms with Gasteiger partial charge in [0.25, 0.3) is 0 Å². The van der Waals surface area contributed by atoms with Crippen LogP contribution in [0.1, 0.15) is 42.5 Å². The second-order valence-corrected chi connectivity index (χ2v) is 5.67. The minimum atomic E-state index is -1.09. The molecule has 0 amide bonds. The molecule has 106 valence electrons. The summed E-state index contributed by atoms with van der Waals surface area (Å²) in [6.07, 6.45) is 0. The molecule has 1 aromatic carbocycles. The lowest BCUT2D eigenvalue weighted by molar-refractivity contribution is 0.0687. The molecule has 6 nitrogen and oxygen atoms in total. The van der Waals surface area contributed by atoms with Gasteiger partial charge in [-0.1, -0.05) is 38.1 Å². The topological polar surface area (TPSA) is 88.2 Å². The average Bonchev–Trinajstić information content (AvgIpc) is 2.72. The van der Waals surface area contributed by atoms with E-state index >= 15 is 0 Å². The van der Waals surface area contributed by atoms with E-state index in [9.17, 15) is 15.0 Å². The lowest BCUT2D eigenvalue weighted by Gasteiger charge is -2.20. The Morgan fingerprint density at radius 1 is 1.35 bits per heavy atom. The SMILES string of the molecule is CC(C)(C)c1c(C(=O)O)nnn1Cc1cccc(O)c1. The molecule has 0 bridgehead atoms. The van der Waals surface area contributed by atoms with Crippen LogP contribution in [-0.4, -0.2) is 31.2 Å². The summed E-state index contributed by atoms with van der Waals surface area (Å²) in [5.74, 6) is -0.921. The number of rotatable bonds is 3. The van der Waals surface area contributed by atoms with Crippen LogP contribution in [0.4, 0.5) is 0 Å². The molecule has 0 atom stereocenters. The maximum absolute atomic E-state index is 11.2. The third-order valence-corrected chi connectivity index (χ3v) is 2.89. The van der Waals surface area contributed by atoms with Gasteiger partial charge in [-0.05, 0) is 17.7 Å². The van der Waals surface area contributed by atoms with Crippen molar-refractivity contribution in [2.45, 2.75) is 32.7 Å². The molecule has 2 aromatic rings. The van der Waals surface area contributed by atoms with E-state index in [2.05, 4.69) is 10.3 Å². The molecule has 0 aliphatic carbocycles. The molecule has 0 aliphatic heterocycles. The largest absolute Gasteiger partial charge is 0.508 e. The van der Waals surface area contributed by atoms with E-state index in [1.807, 2.05) is 26.8 Å². The minimum absolute atomic E-state index is 0.0300. The van der Waals surface area contributed by atoms with Crippen LogP contribution in [-0.2, 0) is 12.0 Å². The number of hydrogen-bond acceptors (Lipinski definition) is 4. The van der Waals surface area contributed by atoms with Crippen LogP contribution in [0.2, 0.25) is 0 Å². The van der Waals surface area contributed by atoms with Gasteiger partial charge >= 0.3 is 5.97 Å². The molecule has 0 fully saturated rings. The van der Waals surface area contributed by atoms with Gasteiger partial charge in [-0.15, -0.1) is 5.10 Å². The molecule has 6 heteroatoms. The smallest absolute Gasteiger partial charge is 0.358 e. The summed E-state index contributed by atoms with van der Waals surface area (Å²) in [6, 6.07) is 6.78. The molecule has 1 aromatic heterocycles. The third-order valence-electron chi connectivity index (χ3n) is 2.89. The van der Waals surface area contributed by atoms with E-state index < -0.39 is 11.4 Å². The highest BCUT2D eigenvalue weighted by Crippen LogP contribution is 2.25. The molecule has 1 heterocycles. The lowest BCUT2D eigenvalue weighted by atomic mass is 9.90. The zero-order valence-corrected chi connectivity index (χ0v) is 11.7. The summed E-state index contributed by atoms with van der Waals surface area (Å²) >= 11 is 0. The highest BCUT2D eigenvalue weighted by molar-refractivity contribution is 5.86. The molecule has 2 rings (SSSR count). The fourth-order valence-corrected chi connectivity index (χ4v) is 2.14. The quantitative estimate of drug-likeness (QED) is 0.894. The number of carboxylic acids is 1. The van der Waals surface area contributed by atoms with Crippen molar-refractivity contribution in [1.82, 2.24) is 15.0 Å². The van der Waals surface area contributed by atoms with E-state index in [1.165, 1.54) is 0 Å². The lowest BCUT2D eigenvalue weighted by Crippen LogP contribution is -2.22. The Morgan fingerprint density at radius 3 is 2.60 bits per heavy atom. The average molecular weight is 275 g/mol. The van der Waals surface area contributed by atoms with Crippen LogP contribution in [0.3, 0.4) is 0 Å². The van der Waals surface area contributed by atoms with E-state index in [-0.39, 0.29) is 11.4 Å². The van der Waals surface area contributed by atoms with Crippen LogP contribution in [0.15, 0.2) is 24.3 Å². The van der Waals surface area contributed by atoms with Gasteiger partial charge in [0, 0.05) is 5.41 Å². The first-order valence-corrected chi connectivity index (χ1v) is 6.24. The standard InChI is InChI=1S/C14H17N3O3/c1-14(2,3)12-11(13(19)20)15-16-17(12)8-9-5-4-6-10(18)7-9/h4-7,18H,8H2,1-3H3,(H,19,20). The number of aromatic hydroxyl groups is 1. The number of phenolic OH excluding ortho intramolecular Hbond substituents is 1. The Hall–Kier alpha value is -2.37. The number of carboxylic acid groups (broad SMARTS) is 1. The summed E-state index contributed by atoms with van der Waals surface area (Å²) in [6.45, 7) is 6.10. The fourth-order valence-electron chi connectivity index (χ4n) is 2.14. The normalized spacial score (nSPS) is 11.6. The van der Waals surface area contributed by atoms with Crippen molar-refractivity contribution in [1.29, 1.82) is 0 Å². The van der Waals surface area contributed by atoms with Gasteiger partial charge in [-0.25, -0.2) is 9.48 Å². The Bertz CT molecular complexity index is 641. The first-order chi connectivity index (χ1) is 9.29. The minimum Gasteiger partial charge on any atom is -0.508 e. The van der Waals surface area contributed by atoms with Crippen LogP contribution >= 0.6 is 0 Å². The van der Waals surface area contributed by atoms with Crippen LogP contribution in [0, 0.1) is 0 Å². The summed E-state index contributed by atoms with van der Waals surface area (Å²) < 4.78 is 1.57. The van der Waals surface area contributed by atoms with E-state index in [4.69, 9.17) is 0 Å². The Labute approximate surface area is 116 Å². The Balaban J connectivity index is 2.45. The first kappa shape index (κ1) is 14.0. The van der Waals surface area contributed by atoms with Crippen molar-refractivity contribution in [2.24, 2.45) is 0 Å². The number of aromatic nitrogens is 3. The summed E-state index contributed by atoms with van der Waals surface area (Å²) in [5, 5.41) is 26.4. The van der Waals surface area contributed by atoms with E-state index in [1.54, 1.807) is 22.9 Å². The molecular formula is C14H17N3O3. The van der Waals surface area contributed by atoms with Gasteiger partial charge in [0.1, 0.15) is 5.75 Å². The second-order valence-electron chi connectivity index (χ2n) is 5.67. The van der Waals surface area contributed by atoms with Crippen molar-refractivity contribution in [2.75, 3.05) is 0 Å². The van der Waals surface area contributed by atoms with Crippen molar-refractivity contribution in [3.63, 3.8) is 0 Å². The number of hydrogen-bond donors (Lipinski definition) is 2. The molecule has 0 spiro atoms. The zero-order valence-electron chi connectivity index (χ0n) is 11.7. The van der Waals surface area contributed by atoms with E-state index in [0.717, 1.165) is 5.56 Å². The van der Waals surface area contributed by atoms with Gasteiger partial charge < -0.3 is 10.2 Å². The molecule has 0 radical (unpaired) electrons. The number of aromatic carboxylic acids is 1. The maximum Gasteiger partial charge on any atom is 0.358 e. The summed E-state index contributed by atoms with van der Waals surface area (Å²) in [7, 11) is 0. The Morgan fingerprint density at radius 2 is 2.05 bits per heavy atom. The van der Waals surface area contributed by atoms with E-state index in [0.29, 0.717) is 12.2 Å². The van der Waals surface area contributed by atoms with Crippen molar-refractivity contribution >= 4 is 5.97 Å². The number of benzene rings is 1. The molecule has 0 unspecified atom stereocenters. The molecular weight excluding hydrogens is 258 g/mol. The van der Waals surface area contributed by atoms with Crippen LogP contribution in [0.5, 0.6) is 5.75 Å². The first-order valence-electron chi connectivity index (χ1n) is 6.24. The predicted octanol–water partition coefficient (Wildman–Crippen LogP) is 2.03. The third kappa shape index (κ3) is 2.79. The van der Waals surface area contributed by atoms with Gasteiger partial charge in [0.15, 0.2) is 5.69 Å². The number of nitrogens with zero attached hydrogens (tertiary/aromatic N) is 3. The van der Waals surface area contributed by atoms with Crippen LogP contribution < -0.4 is 0 Å². The van der Waals surface area contributed by atoms with Gasteiger partial charge in [0.05, 0.1) is 12.2 Å². The summed E-state index contributed by atoms with van der Waals surface area (Å²) in [4.78, 5) is 11.2. The second kappa shape index (κ2) is 4.96. The Kier molecular flexibility index (Phi) is 3.48. The molecule has 20 heavy (non-hydrogen) atoms. The van der Waals surface area contributed by atoms with Gasteiger partial charge in [-0.3, -0.25) is 0 Å². The van der Waals surface area contributed by atoms with Crippen molar-refractivity contribution in [3.05, 3.63) is 41.2 Å². The van der Waals surface area contributed by atoms with Crippen molar-refractivity contribution < 1.29 is 15.0 Å². The number of carbonyl (C=O) groups is 1. The zero-order chi connectivity index (χ0) is 14.9. The monoisotopic (exact) mass is 275 g/mol. The van der Waals surface area contributed by atoms with Crippen molar-refractivity contribution in [3.8, 4) is 5.75 Å². The molecule has 0 aliphatic rings. The molecule has 2 N–H and O–H groups in total. The van der Waals surface area contributed by atoms with Gasteiger partial charge in [-0.2, -0.15) is 0 Å². The van der Waals surface area contributed by atoms with Gasteiger partial charge in [0.2, 0.25) is 0 Å². The highest BCUT2D eigenvalue weighted by Gasteiger charge is 2.28. The van der Waals surface area contributed by atoms with Crippen LogP contribution in [0.25, 0.3) is 0 Å². The highest BCUT2D eigenvalue weighted by atomic mass is 16.4. The molecule has 0 saturated heterocycles. The summed E-state index contributed by atoms with van der Waals surface area (Å²) in [5.41, 5.74) is 0.969. The number of phenols is 1. The molecule has 0 saturated carbocycles.